The topological polar surface area (TPSA) is 25.4 Å². The van der Waals surface area contributed by atoms with Crippen LogP contribution in [0.3, 0.4) is 0 Å². The number of nitrogens with zero attached hydrogens (tertiary/aromatic N) is 2. The van der Waals surface area contributed by atoms with E-state index in [2.05, 4.69) is 72.0 Å². The lowest BCUT2D eigenvalue weighted by molar-refractivity contribution is 0.130. The Morgan fingerprint density at radius 3 is 2.04 bits per heavy atom. The first-order valence-corrected chi connectivity index (χ1v) is 12.1. The van der Waals surface area contributed by atoms with Gasteiger partial charge in [0.1, 0.15) is 11.4 Å². The molecule has 0 atom stereocenters. The van der Waals surface area contributed by atoms with E-state index in [9.17, 15) is 0 Å². The highest BCUT2D eigenvalue weighted by molar-refractivity contribution is 8.04. The average molecular weight is 387 g/mol. The number of ether oxygens (including phenoxy) is 1. The number of thioether (sulfide) groups is 3. The molecule has 1 aromatic rings. The van der Waals surface area contributed by atoms with Crippen molar-refractivity contribution >= 4 is 35.3 Å². The van der Waals surface area contributed by atoms with Crippen LogP contribution in [0.25, 0.3) is 0 Å². The summed E-state index contributed by atoms with van der Waals surface area (Å²) in [6, 6.07) is 4.15. The molecule has 0 amide bonds. The third-order valence-electron chi connectivity index (χ3n) is 3.45. The Morgan fingerprint density at radius 2 is 1.54 bits per heavy atom. The normalized spacial score (nSPS) is 19.3. The van der Waals surface area contributed by atoms with Gasteiger partial charge in [0.05, 0.1) is 11.9 Å². The largest absolute Gasteiger partial charge is 0.487 e. The number of pyridine rings is 1. The highest BCUT2D eigenvalue weighted by Gasteiger charge is 2.13. The lowest BCUT2D eigenvalue weighted by Crippen LogP contribution is -2.29. The summed E-state index contributed by atoms with van der Waals surface area (Å²) in [5.74, 6) is 8.43. The molecule has 0 bridgehead atoms. The molecule has 1 aliphatic heterocycles. The lowest BCUT2D eigenvalue weighted by Gasteiger charge is -2.23. The first kappa shape index (κ1) is 20.3. The van der Waals surface area contributed by atoms with Crippen LogP contribution in [-0.4, -0.2) is 63.1 Å². The van der Waals surface area contributed by atoms with E-state index < -0.39 is 0 Å². The highest BCUT2D eigenvalue weighted by Crippen LogP contribution is 2.18. The zero-order valence-corrected chi connectivity index (χ0v) is 17.6. The van der Waals surface area contributed by atoms with Crippen molar-refractivity contribution in [3.05, 3.63) is 24.0 Å². The summed E-state index contributed by atoms with van der Waals surface area (Å²) in [6.45, 7) is 9.42. The summed E-state index contributed by atoms with van der Waals surface area (Å²) in [7, 11) is 0. The molecule has 0 unspecified atom stereocenters. The fourth-order valence-electron chi connectivity index (χ4n) is 2.35. The van der Waals surface area contributed by atoms with Crippen LogP contribution >= 0.6 is 35.3 Å². The first-order chi connectivity index (χ1) is 11.5. The van der Waals surface area contributed by atoms with Crippen molar-refractivity contribution in [2.75, 3.05) is 47.6 Å². The molecule has 0 N–H and O–H groups in total. The Hall–Kier alpha value is -0.0400. The van der Waals surface area contributed by atoms with E-state index in [1.54, 1.807) is 0 Å². The quantitative estimate of drug-likeness (QED) is 0.769. The van der Waals surface area contributed by atoms with Crippen LogP contribution in [0.2, 0.25) is 0 Å². The second-order valence-corrected chi connectivity index (χ2v) is 10.5. The van der Waals surface area contributed by atoms with Gasteiger partial charge in [0.25, 0.3) is 0 Å². The minimum atomic E-state index is -0.174. The molecule has 24 heavy (non-hydrogen) atoms. The molecule has 6 heteroatoms. The number of hydrogen-bond donors (Lipinski definition) is 0. The summed E-state index contributed by atoms with van der Waals surface area (Å²) in [5.41, 5.74) is 0.960. The maximum absolute atomic E-state index is 5.85. The van der Waals surface area contributed by atoms with E-state index in [0.717, 1.165) is 31.1 Å². The van der Waals surface area contributed by atoms with E-state index in [1.807, 2.05) is 12.3 Å². The van der Waals surface area contributed by atoms with Gasteiger partial charge in [0.2, 0.25) is 0 Å². The molecule has 3 nitrogen and oxygen atoms in total. The third-order valence-corrected chi connectivity index (χ3v) is 6.89. The van der Waals surface area contributed by atoms with Crippen molar-refractivity contribution in [1.29, 1.82) is 0 Å². The number of hydrogen-bond acceptors (Lipinski definition) is 6. The molecule has 2 rings (SSSR count). The van der Waals surface area contributed by atoms with Crippen molar-refractivity contribution < 1.29 is 4.74 Å². The highest BCUT2D eigenvalue weighted by atomic mass is 32.2. The van der Waals surface area contributed by atoms with Gasteiger partial charge in [-0.05, 0) is 32.9 Å². The second-order valence-electron chi connectivity index (χ2n) is 6.81. The predicted molar refractivity (Wildman–Crippen MR) is 112 cm³/mol. The molecule has 136 valence electrons. The molecule has 1 aromatic heterocycles. The zero-order chi connectivity index (χ0) is 17.3. The minimum Gasteiger partial charge on any atom is -0.487 e. The van der Waals surface area contributed by atoms with Crippen LogP contribution in [0.1, 0.15) is 26.5 Å². The van der Waals surface area contributed by atoms with Gasteiger partial charge in [-0.25, -0.2) is 0 Å². The van der Waals surface area contributed by atoms with E-state index >= 15 is 0 Å². The van der Waals surface area contributed by atoms with Crippen molar-refractivity contribution in [3.63, 3.8) is 0 Å². The average Bonchev–Trinajstić information content (AvgIpc) is 2.50. The molecule has 0 aromatic carbocycles. The molecule has 0 radical (unpaired) electrons. The maximum atomic E-state index is 5.85. The molecule has 0 spiro atoms. The van der Waals surface area contributed by atoms with Crippen molar-refractivity contribution in [1.82, 2.24) is 9.88 Å². The Kier molecular flexibility index (Phi) is 9.16. The van der Waals surface area contributed by atoms with Gasteiger partial charge in [-0.2, -0.15) is 35.3 Å². The fraction of sp³-hybridized carbons (Fsp3) is 0.722. The summed E-state index contributed by atoms with van der Waals surface area (Å²) in [6.07, 6.45) is 1.86. The summed E-state index contributed by atoms with van der Waals surface area (Å²) >= 11 is 6.26. The molecule has 2 heterocycles. The maximum Gasteiger partial charge on any atom is 0.138 e. The SMILES string of the molecule is CC(C)(C)Oc1ccc(CN2CCSCCSCCSCC2)nc1. The number of aromatic nitrogens is 1. The zero-order valence-electron chi connectivity index (χ0n) is 15.1. The van der Waals surface area contributed by atoms with E-state index in [0.29, 0.717) is 0 Å². The van der Waals surface area contributed by atoms with Crippen LogP contribution < -0.4 is 4.74 Å². The molecule has 0 saturated carbocycles. The molecular weight excluding hydrogens is 356 g/mol. The summed E-state index contributed by atoms with van der Waals surface area (Å²) < 4.78 is 5.85. The monoisotopic (exact) mass is 386 g/mol. The van der Waals surface area contributed by atoms with Crippen LogP contribution in [0.4, 0.5) is 0 Å². The second kappa shape index (κ2) is 10.8. The van der Waals surface area contributed by atoms with Crippen LogP contribution in [0.15, 0.2) is 18.3 Å². The Bertz CT molecular complexity index is 450. The van der Waals surface area contributed by atoms with Gasteiger partial charge in [-0.1, -0.05) is 0 Å². The van der Waals surface area contributed by atoms with Gasteiger partial charge in [0, 0.05) is 54.2 Å². The van der Waals surface area contributed by atoms with Gasteiger partial charge >= 0.3 is 0 Å². The molecular formula is C18H30N2OS3. The van der Waals surface area contributed by atoms with Gasteiger partial charge in [0.15, 0.2) is 0 Å². The van der Waals surface area contributed by atoms with Crippen molar-refractivity contribution in [3.8, 4) is 5.75 Å². The van der Waals surface area contributed by atoms with Gasteiger partial charge in [-0.3, -0.25) is 9.88 Å². The third kappa shape index (κ3) is 8.88. The molecule has 1 aliphatic rings. The van der Waals surface area contributed by atoms with Gasteiger partial charge in [-0.15, -0.1) is 0 Å². The van der Waals surface area contributed by atoms with E-state index in [-0.39, 0.29) is 5.60 Å². The van der Waals surface area contributed by atoms with Crippen LogP contribution in [-0.2, 0) is 6.54 Å². The minimum absolute atomic E-state index is 0.174. The summed E-state index contributed by atoms with van der Waals surface area (Å²) in [4.78, 5) is 7.15. The van der Waals surface area contributed by atoms with Crippen LogP contribution in [0, 0.1) is 0 Å². The smallest absolute Gasteiger partial charge is 0.138 e. The van der Waals surface area contributed by atoms with E-state index in [1.165, 1.54) is 34.5 Å². The van der Waals surface area contributed by atoms with Gasteiger partial charge < -0.3 is 4.74 Å². The molecule has 1 saturated heterocycles. The van der Waals surface area contributed by atoms with Crippen molar-refractivity contribution in [2.24, 2.45) is 0 Å². The predicted octanol–water partition coefficient (Wildman–Crippen LogP) is 4.27. The summed E-state index contributed by atoms with van der Waals surface area (Å²) in [5, 5.41) is 0. The van der Waals surface area contributed by atoms with Crippen LogP contribution in [0.5, 0.6) is 5.75 Å². The Labute approximate surface area is 160 Å². The standard InChI is InChI=1S/C18H30N2OS3/c1-18(2,3)21-17-5-4-16(19-14-17)15-20-6-8-22-10-12-24-13-11-23-9-7-20/h4-5,14H,6-13,15H2,1-3H3. The Balaban J connectivity index is 1.86. The van der Waals surface area contributed by atoms with Crippen molar-refractivity contribution in [2.45, 2.75) is 32.9 Å². The fourth-order valence-corrected chi connectivity index (χ4v) is 5.62. The first-order valence-electron chi connectivity index (χ1n) is 8.62. The lowest BCUT2D eigenvalue weighted by atomic mass is 10.2. The van der Waals surface area contributed by atoms with E-state index in [4.69, 9.17) is 4.74 Å². The Morgan fingerprint density at radius 1 is 0.958 bits per heavy atom. The number of rotatable bonds is 3. The molecule has 0 aliphatic carbocycles. The molecule has 1 fully saturated rings.